The van der Waals surface area contributed by atoms with Crippen LogP contribution >= 0.6 is 0 Å². The number of hydrogen-bond acceptors (Lipinski definition) is 4. The summed E-state index contributed by atoms with van der Waals surface area (Å²) in [4.78, 5) is 20.5. The van der Waals surface area contributed by atoms with Crippen molar-refractivity contribution >= 4 is 5.97 Å². The quantitative estimate of drug-likeness (QED) is 0.769. The van der Waals surface area contributed by atoms with Crippen LogP contribution in [0.1, 0.15) is 38.4 Å². The molecule has 0 spiro atoms. The number of aromatic nitrogens is 3. The number of rotatable bonds is 6. The predicted molar refractivity (Wildman–Crippen MR) is 83.2 cm³/mol. The summed E-state index contributed by atoms with van der Waals surface area (Å²) < 4.78 is 7.39. The number of ether oxygens (including phenoxy) is 1. The average molecular weight is 299 g/mol. The highest BCUT2D eigenvalue weighted by Crippen LogP contribution is 2.39. The number of hydrogen-bond donors (Lipinski definition) is 0. The first-order chi connectivity index (χ1) is 10.7. The second-order valence-corrected chi connectivity index (χ2v) is 5.77. The van der Waals surface area contributed by atoms with Crippen molar-refractivity contribution in [1.29, 1.82) is 0 Å². The van der Waals surface area contributed by atoms with Crippen LogP contribution < -0.4 is 0 Å². The fourth-order valence-corrected chi connectivity index (χ4v) is 2.68. The zero-order valence-electron chi connectivity index (χ0n) is 13.0. The second kappa shape index (κ2) is 6.30. The summed E-state index contributed by atoms with van der Waals surface area (Å²) in [6.07, 6.45) is 8.46. The third-order valence-electron chi connectivity index (χ3n) is 3.93. The van der Waals surface area contributed by atoms with Gasteiger partial charge in [0.2, 0.25) is 0 Å². The number of carbonyl (C=O) groups excluding carboxylic acids is 1. The molecule has 0 aliphatic heterocycles. The van der Waals surface area contributed by atoms with Gasteiger partial charge in [-0.2, -0.15) is 0 Å². The van der Waals surface area contributed by atoms with E-state index in [1.54, 1.807) is 12.4 Å². The van der Waals surface area contributed by atoms with E-state index in [0.29, 0.717) is 19.1 Å². The minimum absolute atomic E-state index is 0.142. The molecule has 22 heavy (non-hydrogen) atoms. The van der Waals surface area contributed by atoms with E-state index in [0.717, 1.165) is 17.1 Å². The largest absolute Gasteiger partial charge is 0.466 e. The summed E-state index contributed by atoms with van der Waals surface area (Å²) in [5, 5.41) is 0. The van der Waals surface area contributed by atoms with Crippen LogP contribution in [-0.2, 0) is 16.0 Å². The highest BCUT2D eigenvalue weighted by atomic mass is 16.5. The van der Waals surface area contributed by atoms with Crippen molar-refractivity contribution in [3.8, 4) is 11.4 Å². The van der Waals surface area contributed by atoms with Crippen molar-refractivity contribution in [2.45, 2.75) is 39.2 Å². The minimum Gasteiger partial charge on any atom is -0.466 e. The van der Waals surface area contributed by atoms with Gasteiger partial charge < -0.3 is 9.30 Å². The van der Waals surface area contributed by atoms with Gasteiger partial charge in [0.25, 0.3) is 0 Å². The molecule has 0 bridgehead atoms. The van der Waals surface area contributed by atoms with Gasteiger partial charge >= 0.3 is 5.97 Å². The average Bonchev–Trinajstić information content (AvgIpc) is 3.29. The molecular formula is C17H21N3O2. The first-order valence-electron chi connectivity index (χ1n) is 7.83. The Labute approximate surface area is 130 Å². The molecule has 1 atom stereocenters. The van der Waals surface area contributed by atoms with Gasteiger partial charge in [-0.25, -0.2) is 4.98 Å². The Kier molecular flexibility index (Phi) is 4.22. The maximum Gasteiger partial charge on any atom is 0.309 e. The Balaban J connectivity index is 1.86. The van der Waals surface area contributed by atoms with Gasteiger partial charge in [-0.3, -0.25) is 9.78 Å². The van der Waals surface area contributed by atoms with Crippen LogP contribution in [-0.4, -0.2) is 27.1 Å². The summed E-state index contributed by atoms with van der Waals surface area (Å²) in [5.74, 6) is 0.673. The lowest BCUT2D eigenvalue weighted by Crippen LogP contribution is -2.18. The molecule has 0 N–H and O–H groups in total. The molecule has 3 rings (SSSR count). The van der Waals surface area contributed by atoms with E-state index in [-0.39, 0.29) is 11.9 Å². The lowest BCUT2D eigenvalue weighted by molar-refractivity contribution is -0.147. The molecule has 1 aliphatic carbocycles. The van der Waals surface area contributed by atoms with Gasteiger partial charge in [0.05, 0.1) is 12.5 Å². The zero-order chi connectivity index (χ0) is 15.5. The van der Waals surface area contributed by atoms with E-state index >= 15 is 0 Å². The SMILES string of the molecule is CCOC(=O)C(C)Cc1cnc(-c2ccncc2)n1C1CC1. The number of imidazole rings is 1. The number of carbonyl (C=O) groups is 1. The van der Waals surface area contributed by atoms with Crippen molar-refractivity contribution in [3.63, 3.8) is 0 Å². The molecule has 116 valence electrons. The molecule has 0 amide bonds. The molecule has 1 saturated carbocycles. The number of nitrogens with zero attached hydrogens (tertiary/aromatic N) is 3. The van der Waals surface area contributed by atoms with Crippen molar-refractivity contribution < 1.29 is 9.53 Å². The first-order valence-corrected chi connectivity index (χ1v) is 7.83. The van der Waals surface area contributed by atoms with Crippen LogP contribution in [0.2, 0.25) is 0 Å². The van der Waals surface area contributed by atoms with E-state index in [9.17, 15) is 4.79 Å². The normalized spacial score (nSPS) is 15.5. The molecule has 5 heteroatoms. The monoisotopic (exact) mass is 299 g/mol. The van der Waals surface area contributed by atoms with Crippen molar-refractivity contribution in [1.82, 2.24) is 14.5 Å². The highest BCUT2D eigenvalue weighted by molar-refractivity contribution is 5.72. The molecular weight excluding hydrogens is 278 g/mol. The summed E-state index contributed by atoms with van der Waals surface area (Å²) in [6.45, 7) is 4.17. The molecule has 2 aromatic rings. The summed E-state index contributed by atoms with van der Waals surface area (Å²) in [6, 6.07) is 4.45. The van der Waals surface area contributed by atoms with Crippen molar-refractivity contribution in [2.24, 2.45) is 5.92 Å². The van der Waals surface area contributed by atoms with Crippen molar-refractivity contribution in [2.75, 3.05) is 6.61 Å². The smallest absolute Gasteiger partial charge is 0.309 e. The lowest BCUT2D eigenvalue weighted by Gasteiger charge is -2.14. The van der Waals surface area contributed by atoms with E-state index in [4.69, 9.17) is 4.74 Å². The van der Waals surface area contributed by atoms with Crippen LogP contribution in [0.25, 0.3) is 11.4 Å². The Morgan fingerprint density at radius 2 is 2.14 bits per heavy atom. The van der Waals surface area contributed by atoms with E-state index < -0.39 is 0 Å². The molecule has 0 saturated heterocycles. The van der Waals surface area contributed by atoms with E-state index in [1.165, 1.54) is 12.8 Å². The van der Waals surface area contributed by atoms with Gasteiger partial charge in [-0.15, -0.1) is 0 Å². The van der Waals surface area contributed by atoms with Gasteiger partial charge in [0.1, 0.15) is 5.82 Å². The lowest BCUT2D eigenvalue weighted by atomic mass is 10.1. The Morgan fingerprint density at radius 1 is 1.41 bits per heavy atom. The zero-order valence-corrected chi connectivity index (χ0v) is 13.0. The predicted octanol–water partition coefficient (Wildman–Crippen LogP) is 3.02. The first kappa shape index (κ1) is 14.8. The Bertz CT molecular complexity index is 647. The highest BCUT2D eigenvalue weighted by Gasteiger charge is 2.30. The molecule has 2 heterocycles. The summed E-state index contributed by atoms with van der Waals surface area (Å²) >= 11 is 0. The minimum atomic E-state index is -0.153. The number of pyridine rings is 1. The standard InChI is InChI=1S/C17H21N3O2/c1-3-22-17(21)12(2)10-15-11-19-16(20(15)14-4-5-14)13-6-8-18-9-7-13/h6-9,11-12,14H,3-5,10H2,1-2H3. The Morgan fingerprint density at radius 3 is 2.77 bits per heavy atom. The molecule has 0 radical (unpaired) electrons. The van der Waals surface area contributed by atoms with Gasteiger partial charge in [-0.1, -0.05) is 6.92 Å². The topological polar surface area (TPSA) is 57.0 Å². The summed E-state index contributed by atoms with van der Waals surface area (Å²) in [5.41, 5.74) is 2.17. The molecule has 0 aromatic carbocycles. The molecule has 1 aliphatic rings. The molecule has 5 nitrogen and oxygen atoms in total. The molecule has 1 unspecified atom stereocenters. The fraction of sp³-hybridized carbons (Fsp3) is 0.471. The molecule has 2 aromatic heterocycles. The van der Waals surface area contributed by atoms with Crippen LogP contribution in [0.4, 0.5) is 0 Å². The van der Waals surface area contributed by atoms with E-state index in [2.05, 4.69) is 14.5 Å². The van der Waals surface area contributed by atoms with Gasteiger partial charge in [0.15, 0.2) is 0 Å². The molecule has 1 fully saturated rings. The fourth-order valence-electron chi connectivity index (χ4n) is 2.68. The van der Waals surface area contributed by atoms with E-state index in [1.807, 2.05) is 32.2 Å². The van der Waals surface area contributed by atoms with Crippen LogP contribution in [0.3, 0.4) is 0 Å². The van der Waals surface area contributed by atoms with Gasteiger partial charge in [0, 0.05) is 42.3 Å². The van der Waals surface area contributed by atoms with Crippen LogP contribution in [0.15, 0.2) is 30.7 Å². The second-order valence-electron chi connectivity index (χ2n) is 5.77. The number of esters is 1. The maximum atomic E-state index is 11.9. The summed E-state index contributed by atoms with van der Waals surface area (Å²) in [7, 11) is 0. The van der Waals surface area contributed by atoms with Crippen LogP contribution in [0, 0.1) is 5.92 Å². The van der Waals surface area contributed by atoms with Gasteiger partial charge in [-0.05, 0) is 31.9 Å². The third-order valence-corrected chi connectivity index (χ3v) is 3.93. The Hall–Kier alpha value is -2.17. The van der Waals surface area contributed by atoms with Crippen molar-refractivity contribution in [3.05, 3.63) is 36.4 Å². The van der Waals surface area contributed by atoms with Crippen LogP contribution in [0.5, 0.6) is 0 Å². The maximum absolute atomic E-state index is 11.9. The third kappa shape index (κ3) is 3.03.